The zero-order valence-electron chi connectivity index (χ0n) is 18.4. The zero-order valence-corrected chi connectivity index (χ0v) is 18.4. The highest BCUT2D eigenvalue weighted by atomic mass is 16.6. The third-order valence-electron chi connectivity index (χ3n) is 6.72. The summed E-state index contributed by atoms with van der Waals surface area (Å²) >= 11 is 0. The van der Waals surface area contributed by atoms with Crippen LogP contribution in [0, 0.1) is 16.0 Å². The van der Waals surface area contributed by atoms with E-state index < -0.39 is 0 Å². The number of nitro groups is 1. The van der Waals surface area contributed by atoms with Crippen molar-refractivity contribution in [3.8, 4) is 11.1 Å². The Morgan fingerprint density at radius 1 is 1.03 bits per heavy atom. The fourth-order valence-corrected chi connectivity index (χ4v) is 5.22. The van der Waals surface area contributed by atoms with E-state index in [9.17, 15) is 10.1 Å². The van der Waals surface area contributed by atoms with Crippen molar-refractivity contribution in [2.24, 2.45) is 16.0 Å². The number of aliphatic imine (C=N–C) groups is 1. The summed E-state index contributed by atoms with van der Waals surface area (Å²) in [4.78, 5) is 14.6. The van der Waals surface area contributed by atoms with E-state index in [1.54, 1.807) is 24.4 Å². The Bertz CT molecular complexity index is 1270. The van der Waals surface area contributed by atoms with Crippen LogP contribution >= 0.6 is 0 Å². The maximum Gasteiger partial charge on any atom is 0.270 e. The molecule has 0 bridgehead atoms. The maximum atomic E-state index is 11.2. The van der Waals surface area contributed by atoms with Gasteiger partial charge in [0.1, 0.15) is 6.34 Å². The highest BCUT2D eigenvalue weighted by Gasteiger charge is 2.29. The van der Waals surface area contributed by atoms with Gasteiger partial charge < -0.3 is 5.43 Å². The molecule has 3 aromatic rings. The lowest BCUT2D eigenvalue weighted by Gasteiger charge is -2.34. The van der Waals surface area contributed by atoms with Crippen LogP contribution in [0.4, 0.5) is 5.69 Å². The molecule has 6 rings (SSSR count). The Labute approximate surface area is 192 Å². The summed E-state index contributed by atoms with van der Waals surface area (Å²) in [6.45, 7) is 0.760. The van der Waals surface area contributed by atoms with E-state index in [0.29, 0.717) is 11.8 Å². The normalized spacial score (nSPS) is 20.2. The monoisotopic (exact) mass is 438 g/mol. The molecule has 3 aliphatic rings. The van der Waals surface area contributed by atoms with Gasteiger partial charge in [-0.1, -0.05) is 67.5 Å². The fourth-order valence-electron chi connectivity index (χ4n) is 5.22. The van der Waals surface area contributed by atoms with Crippen molar-refractivity contribution in [3.63, 3.8) is 0 Å². The molecule has 33 heavy (non-hydrogen) atoms. The van der Waals surface area contributed by atoms with E-state index in [-0.39, 0.29) is 10.6 Å². The van der Waals surface area contributed by atoms with Gasteiger partial charge >= 0.3 is 0 Å². The Balaban J connectivity index is 0.000000332. The number of fused-ring (bicyclic) bond motifs is 5. The molecule has 0 spiro atoms. The van der Waals surface area contributed by atoms with E-state index in [1.807, 2.05) is 12.1 Å². The topological polar surface area (TPSA) is 79.9 Å². The van der Waals surface area contributed by atoms with Gasteiger partial charge in [0, 0.05) is 18.3 Å². The Morgan fingerprint density at radius 3 is 2.67 bits per heavy atom. The van der Waals surface area contributed by atoms with Gasteiger partial charge in [0.05, 0.1) is 11.5 Å². The molecule has 1 saturated carbocycles. The van der Waals surface area contributed by atoms with Crippen molar-refractivity contribution in [2.45, 2.75) is 31.6 Å². The molecular formula is C27H26N4O2. The first-order valence-corrected chi connectivity index (χ1v) is 11.5. The Hall–Kier alpha value is -3.80. The molecule has 0 amide bonds. The summed E-state index contributed by atoms with van der Waals surface area (Å²) < 4.78 is 0. The summed E-state index contributed by atoms with van der Waals surface area (Å²) in [5.74, 6) is 1.27. The molecule has 1 heterocycles. The van der Waals surface area contributed by atoms with Gasteiger partial charge in [-0.3, -0.25) is 10.1 Å². The zero-order chi connectivity index (χ0) is 22.6. The van der Waals surface area contributed by atoms with Gasteiger partial charge in [-0.15, -0.1) is 0 Å². The van der Waals surface area contributed by atoms with Crippen LogP contribution in [0.25, 0.3) is 28.0 Å². The molecule has 6 nitrogen and oxygen atoms in total. The molecule has 0 saturated heterocycles. The van der Waals surface area contributed by atoms with Crippen LogP contribution in [0.3, 0.4) is 0 Å². The number of rotatable bonds is 2. The lowest BCUT2D eigenvalue weighted by atomic mass is 9.70. The van der Waals surface area contributed by atoms with Crippen LogP contribution in [-0.4, -0.2) is 24.0 Å². The highest BCUT2D eigenvalue weighted by molar-refractivity contribution is 6.03. The van der Waals surface area contributed by atoms with Crippen LogP contribution in [-0.2, 0) is 0 Å². The highest BCUT2D eigenvalue weighted by Crippen LogP contribution is 2.46. The van der Waals surface area contributed by atoms with Crippen molar-refractivity contribution in [1.29, 1.82) is 0 Å². The van der Waals surface area contributed by atoms with Crippen molar-refractivity contribution >= 4 is 35.1 Å². The van der Waals surface area contributed by atoms with Crippen LogP contribution in [0.2, 0.25) is 0 Å². The lowest BCUT2D eigenvalue weighted by molar-refractivity contribution is -0.384. The molecule has 0 radical (unpaired) electrons. The number of hydrogen-bond donors (Lipinski definition) is 1. The average Bonchev–Trinajstić information content (AvgIpc) is 2.89. The first-order chi connectivity index (χ1) is 16.2. The molecule has 0 aromatic heterocycles. The largest absolute Gasteiger partial charge is 0.303 e. The predicted molar refractivity (Wildman–Crippen MR) is 135 cm³/mol. The third-order valence-corrected chi connectivity index (χ3v) is 6.72. The molecule has 2 aliphatic carbocycles. The van der Waals surface area contributed by atoms with Gasteiger partial charge in [0.15, 0.2) is 0 Å². The Kier molecular flexibility index (Phi) is 5.98. The lowest BCUT2D eigenvalue weighted by Crippen LogP contribution is -2.19. The van der Waals surface area contributed by atoms with Gasteiger partial charge in [0.25, 0.3) is 5.69 Å². The van der Waals surface area contributed by atoms with Gasteiger partial charge in [0.2, 0.25) is 0 Å². The van der Waals surface area contributed by atoms with Crippen molar-refractivity contribution in [1.82, 2.24) is 5.43 Å². The minimum atomic E-state index is -0.323. The predicted octanol–water partition coefficient (Wildman–Crippen LogP) is 6.32. The third kappa shape index (κ3) is 4.29. The fraction of sp³-hybridized carbons (Fsp3) is 0.259. The van der Waals surface area contributed by atoms with E-state index >= 15 is 0 Å². The standard InChI is InChI=1S/C24H21NO2.C3H5N3/c26-25(27)19-8-3-7-18(15-19)21-10-4-6-17-12-13-22-20-9-2-1-5-16(20)11-14-23(22)24(17)21;1-2-5-6-3-4-1/h3-4,6-8,10-16,20H,1-2,5,9H2;1,3,5H,2H2. The number of hydrazone groups is 1. The van der Waals surface area contributed by atoms with E-state index in [0.717, 1.165) is 17.7 Å². The average molecular weight is 439 g/mol. The molecule has 166 valence electrons. The maximum absolute atomic E-state index is 11.2. The first kappa shape index (κ1) is 21.1. The summed E-state index contributed by atoms with van der Waals surface area (Å²) in [6, 6.07) is 17.8. The van der Waals surface area contributed by atoms with Crippen LogP contribution in [0.1, 0.15) is 42.7 Å². The van der Waals surface area contributed by atoms with E-state index in [1.165, 1.54) is 53.9 Å². The molecule has 2 atom stereocenters. The molecule has 1 aliphatic heterocycles. The molecule has 3 aromatic carbocycles. The van der Waals surface area contributed by atoms with Crippen molar-refractivity contribution < 1.29 is 4.92 Å². The Morgan fingerprint density at radius 2 is 1.91 bits per heavy atom. The van der Waals surface area contributed by atoms with E-state index in [2.05, 4.69) is 51.9 Å². The van der Waals surface area contributed by atoms with Crippen LogP contribution in [0.15, 0.2) is 70.8 Å². The minimum absolute atomic E-state index is 0.136. The summed E-state index contributed by atoms with van der Waals surface area (Å²) in [5.41, 5.74) is 7.58. The number of nitrogens with zero attached hydrogens (tertiary/aromatic N) is 3. The van der Waals surface area contributed by atoms with Gasteiger partial charge in [-0.2, -0.15) is 5.10 Å². The summed E-state index contributed by atoms with van der Waals surface area (Å²) in [6.07, 6.45) is 13.1. The molecule has 1 N–H and O–H groups in total. The number of non-ortho nitro benzene ring substituents is 1. The first-order valence-electron chi connectivity index (χ1n) is 11.5. The quantitative estimate of drug-likeness (QED) is 0.376. The van der Waals surface area contributed by atoms with Crippen molar-refractivity contribution in [2.75, 3.05) is 6.54 Å². The second-order valence-electron chi connectivity index (χ2n) is 8.63. The number of nitro benzene ring substituents is 1. The minimum Gasteiger partial charge on any atom is -0.303 e. The van der Waals surface area contributed by atoms with Crippen LogP contribution in [0.5, 0.6) is 0 Å². The van der Waals surface area contributed by atoms with E-state index in [4.69, 9.17) is 0 Å². The molecule has 1 fully saturated rings. The second kappa shape index (κ2) is 9.36. The smallest absolute Gasteiger partial charge is 0.270 e. The number of hydrogen-bond acceptors (Lipinski definition) is 5. The molecule has 6 heteroatoms. The van der Waals surface area contributed by atoms with Crippen LogP contribution < -0.4 is 5.43 Å². The molecule has 2 unspecified atom stereocenters. The van der Waals surface area contributed by atoms with Gasteiger partial charge in [-0.05, 0) is 57.7 Å². The number of nitrogens with one attached hydrogen (secondary N) is 1. The van der Waals surface area contributed by atoms with Gasteiger partial charge in [-0.25, -0.2) is 4.99 Å². The summed E-state index contributed by atoms with van der Waals surface area (Å²) in [7, 11) is 0. The summed E-state index contributed by atoms with van der Waals surface area (Å²) in [5, 5.41) is 17.2. The SMILES string of the molecule is C1=NC=NNC1.O=[N+]([O-])c1cccc(-c2cccc3ccc4c(c23)C=CC2CCCCC42)c1. The second-order valence-corrected chi connectivity index (χ2v) is 8.63. The number of allylic oxidation sites excluding steroid dienone is 1. The molecular weight excluding hydrogens is 412 g/mol. The number of benzene rings is 3. The van der Waals surface area contributed by atoms with Crippen molar-refractivity contribution in [3.05, 3.63) is 81.9 Å².